The molecule has 2 N–H and O–H groups in total. The molecule has 0 saturated heterocycles. The van der Waals surface area contributed by atoms with E-state index in [-0.39, 0.29) is 12.1 Å². The van der Waals surface area contributed by atoms with Crippen LogP contribution >= 0.6 is 15.9 Å². The maximum Gasteiger partial charge on any atom is 0.0661 e. The summed E-state index contributed by atoms with van der Waals surface area (Å²) < 4.78 is 1.07. The van der Waals surface area contributed by atoms with Crippen LogP contribution in [0.1, 0.15) is 40.5 Å². The first-order valence-corrected chi connectivity index (χ1v) is 7.81. The molecule has 0 atom stereocenters. The smallest absolute Gasteiger partial charge is 0.0661 e. The molecule has 0 bridgehead atoms. The Hall–Kier alpha value is -0.540. The number of anilines is 1. The molecule has 0 saturated carbocycles. The normalized spacial score (nSPS) is 12.2. The van der Waals surface area contributed by atoms with Crippen LogP contribution < -0.4 is 5.32 Å². The molecule has 108 valence electrons. The second kappa shape index (κ2) is 7.30. The highest BCUT2D eigenvalue weighted by Crippen LogP contribution is 2.29. The van der Waals surface area contributed by atoms with Gasteiger partial charge in [-0.1, -0.05) is 43.6 Å². The van der Waals surface area contributed by atoms with Gasteiger partial charge in [-0.3, -0.25) is 0 Å². The average molecular weight is 328 g/mol. The number of hydrogen-bond acceptors (Lipinski definition) is 2. The number of aliphatic hydroxyl groups excluding tert-OH is 1. The van der Waals surface area contributed by atoms with E-state index >= 15 is 0 Å². The largest absolute Gasteiger partial charge is 0.394 e. The van der Waals surface area contributed by atoms with Crippen molar-refractivity contribution in [2.45, 2.75) is 46.1 Å². The lowest BCUT2D eigenvalue weighted by atomic mass is 9.82. The Morgan fingerprint density at radius 2 is 1.53 bits per heavy atom. The average Bonchev–Trinajstić information content (AvgIpc) is 2.30. The van der Waals surface area contributed by atoms with Gasteiger partial charge in [-0.15, -0.1) is 0 Å². The predicted molar refractivity (Wildman–Crippen MR) is 86.5 cm³/mol. The zero-order valence-electron chi connectivity index (χ0n) is 12.4. The van der Waals surface area contributed by atoms with E-state index in [1.807, 2.05) is 12.1 Å². The van der Waals surface area contributed by atoms with Crippen LogP contribution in [0.5, 0.6) is 0 Å². The summed E-state index contributed by atoms with van der Waals surface area (Å²) >= 11 is 3.45. The van der Waals surface area contributed by atoms with Crippen molar-refractivity contribution < 1.29 is 5.11 Å². The first-order valence-electron chi connectivity index (χ1n) is 7.01. The Morgan fingerprint density at radius 3 is 1.89 bits per heavy atom. The Kier molecular flexibility index (Phi) is 6.34. The Bertz CT molecular complexity index is 363. The Labute approximate surface area is 125 Å². The molecule has 2 nitrogen and oxygen atoms in total. The summed E-state index contributed by atoms with van der Waals surface area (Å²) in [5, 5.41) is 13.5. The van der Waals surface area contributed by atoms with Gasteiger partial charge in [-0.2, -0.15) is 0 Å². The fourth-order valence-electron chi connectivity index (χ4n) is 2.76. The number of hydrogen-bond donors (Lipinski definition) is 2. The third kappa shape index (κ3) is 5.53. The minimum atomic E-state index is -0.226. The standard InChI is InChI=1S/C16H26BrNO/c1-12(2)9-16(11-19,10-13(3)4)18-15-7-5-14(17)6-8-15/h5-8,12-13,18-19H,9-11H2,1-4H3. The summed E-state index contributed by atoms with van der Waals surface area (Å²) in [7, 11) is 0. The fourth-order valence-corrected chi connectivity index (χ4v) is 3.02. The van der Waals surface area contributed by atoms with Crippen LogP contribution in [0.25, 0.3) is 0 Å². The van der Waals surface area contributed by atoms with Crippen molar-refractivity contribution in [2.75, 3.05) is 11.9 Å². The van der Waals surface area contributed by atoms with Crippen molar-refractivity contribution in [1.29, 1.82) is 0 Å². The zero-order valence-corrected chi connectivity index (χ0v) is 14.0. The molecule has 0 aliphatic heterocycles. The summed E-state index contributed by atoms with van der Waals surface area (Å²) in [5.41, 5.74) is 0.842. The van der Waals surface area contributed by atoms with E-state index in [0.717, 1.165) is 23.0 Å². The van der Waals surface area contributed by atoms with Crippen LogP contribution in [0, 0.1) is 11.8 Å². The molecule has 1 aromatic rings. The fraction of sp³-hybridized carbons (Fsp3) is 0.625. The van der Waals surface area contributed by atoms with E-state index in [1.54, 1.807) is 0 Å². The van der Waals surface area contributed by atoms with Crippen LogP contribution in [0.15, 0.2) is 28.7 Å². The Balaban J connectivity index is 2.91. The second-order valence-electron chi connectivity index (χ2n) is 6.27. The topological polar surface area (TPSA) is 32.3 Å². The molecule has 3 heteroatoms. The molecule has 1 aromatic carbocycles. The van der Waals surface area contributed by atoms with Crippen molar-refractivity contribution in [1.82, 2.24) is 0 Å². The van der Waals surface area contributed by atoms with Crippen molar-refractivity contribution in [3.63, 3.8) is 0 Å². The number of rotatable bonds is 7. The molecule has 0 aliphatic rings. The van der Waals surface area contributed by atoms with Gasteiger partial charge in [0.1, 0.15) is 0 Å². The second-order valence-corrected chi connectivity index (χ2v) is 7.18. The van der Waals surface area contributed by atoms with Gasteiger partial charge in [0.05, 0.1) is 12.1 Å². The van der Waals surface area contributed by atoms with E-state index in [0.29, 0.717) is 11.8 Å². The van der Waals surface area contributed by atoms with Crippen LogP contribution in [-0.4, -0.2) is 17.3 Å². The maximum atomic E-state index is 9.92. The molecule has 19 heavy (non-hydrogen) atoms. The van der Waals surface area contributed by atoms with Crippen molar-refractivity contribution in [2.24, 2.45) is 11.8 Å². The predicted octanol–water partition coefficient (Wildman–Crippen LogP) is 4.68. The molecule has 0 fully saturated rings. The number of benzene rings is 1. The lowest BCUT2D eigenvalue weighted by molar-refractivity contribution is 0.168. The highest BCUT2D eigenvalue weighted by molar-refractivity contribution is 9.10. The lowest BCUT2D eigenvalue weighted by Crippen LogP contribution is -2.44. The quantitative estimate of drug-likeness (QED) is 0.761. The van der Waals surface area contributed by atoms with Gasteiger partial charge in [-0.05, 0) is 48.9 Å². The summed E-state index contributed by atoms with van der Waals surface area (Å²) in [5.74, 6) is 1.10. The monoisotopic (exact) mass is 327 g/mol. The molecule has 0 unspecified atom stereocenters. The third-order valence-corrected chi connectivity index (χ3v) is 3.68. The highest BCUT2D eigenvalue weighted by atomic mass is 79.9. The molecule has 0 spiro atoms. The van der Waals surface area contributed by atoms with Gasteiger partial charge in [0.25, 0.3) is 0 Å². The molecule has 0 radical (unpaired) electrons. The first-order chi connectivity index (χ1) is 8.87. The summed E-state index contributed by atoms with van der Waals surface area (Å²) in [6.07, 6.45) is 1.94. The van der Waals surface area contributed by atoms with E-state index in [1.165, 1.54) is 0 Å². The molecule has 0 aliphatic carbocycles. The van der Waals surface area contributed by atoms with Gasteiger partial charge >= 0.3 is 0 Å². The summed E-state index contributed by atoms with van der Waals surface area (Å²) in [6.45, 7) is 8.98. The van der Waals surface area contributed by atoms with Crippen LogP contribution in [0.3, 0.4) is 0 Å². The number of nitrogens with one attached hydrogen (secondary N) is 1. The zero-order chi connectivity index (χ0) is 14.5. The SMILES string of the molecule is CC(C)CC(CO)(CC(C)C)Nc1ccc(Br)cc1. The molecule has 0 amide bonds. The van der Waals surface area contributed by atoms with Gasteiger partial charge in [0.15, 0.2) is 0 Å². The van der Waals surface area contributed by atoms with Crippen molar-refractivity contribution in [3.05, 3.63) is 28.7 Å². The summed E-state index contributed by atoms with van der Waals surface area (Å²) in [6, 6.07) is 8.15. The highest BCUT2D eigenvalue weighted by Gasteiger charge is 2.31. The van der Waals surface area contributed by atoms with E-state index in [9.17, 15) is 5.11 Å². The third-order valence-electron chi connectivity index (χ3n) is 3.15. The van der Waals surface area contributed by atoms with Crippen LogP contribution in [0.2, 0.25) is 0 Å². The molecule has 1 rings (SSSR count). The van der Waals surface area contributed by atoms with Gasteiger partial charge in [0, 0.05) is 10.2 Å². The summed E-state index contributed by atoms with van der Waals surface area (Å²) in [4.78, 5) is 0. The Morgan fingerprint density at radius 1 is 1.05 bits per heavy atom. The van der Waals surface area contributed by atoms with Crippen LogP contribution in [0.4, 0.5) is 5.69 Å². The van der Waals surface area contributed by atoms with Gasteiger partial charge < -0.3 is 10.4 Å². The molecular formula is C16H26BrNO. The van der Waals surface area contributed by atoms with Crippen molar-refractivity contribution >= 4 is 21.6 Å². The minimum Gasteiger partial charge on any atom is -0.394 e. The number of aliphatic hydroxyl groups is 1. The van der Waals surface area contributed by atoms with Crippen LogP contribution in [-0.2, 0) is 0 Å². The molecule has 0 aromatic heterocycles. The van der Waals surface area contributed by atoms with E-state index in [4.69, 9.17) is 0 Å². The lowest BCUT2D eigenvalue weighted by Gasteiger charge is -2.37. The molecule has 0 heterocycles. The molecular weight excluding hydrogens is 302 g/mol. The van der Waals surface area contributed by atoms with E-state index < -0.39 is 0 Å². The van der Waals surface area contributed by atoms with Crippen molar-refractivity contribution in [3.8, 4) is 0 Å². The van der Waals surface area contributed by atoms with Gasteiger partial charge in [0.2, 0.25) is 0 Å². The minimum absolute atomic E-state index is 0.166. The van der Waals surface area contributed by atoms with E-state index in [2.05, 4.69) is 61.1 Å². The first kappa shape index (κ1) is 16.5. The maximum absolute atomic E-state index is 9.92. The number of halogens is 1. The van der Waals surface area contributed by atoms with Gasteiger partial charge in [-0.25, -0.2) is 0 Å².